The highest BCUT2D eigenvalue weighted by Crippen LogP contribution is 2.22. The molecule has 9 heteroatoms. The molecule has 4 N–H and O–H groups in total. The molecule has 0 aliphatic heterocycles. The van der Waals surface area contributed by atoms with Crippen LogP contribution in [0.4, 0.5) is 11.4 Å². The second kappa shape index (κ2) is 12.9. The zero-order valence-corrected chi connectivity index (χ0v) is 18.0. The van der Waals surface area contributed by atoms with Crippen molar-refractivity contribution >= 4 is 41.3 Å². The molecule has 0 amide bonds. The molecular weight excluding hydrogens is 473 g/mol. The maximum Gasteiger partial charge on any atom is 0.292 e. The summed E-state index contributed by atoms with van der Waals surface area (Å²) < 4.78 is 0. The van der Waals surface area contributed by atoms with Crippen LogP contribution < -0.4 is 16.0 Å². The molecule has 8 nitrogen and oxygen atoms in total. The molecule has 0 aliphatic rings. The van der Waals surface area contributed by atoms with E-state index in [4.69, 9.17) is 0 Å². The van der Waals surface area contributed by atoms with Gasteiger partial charge in [0.05, 0.1) is 11.5 Å². The van der Waals surface area contributed by atoms with Gasteiger partial charge in [-0.15, -0.1) is 24.0 Å². The number of rotatable bonds is 9. The van der Waals surface area contributed by atoms with Gasteiger partial charge in [-0.1, -0.05) is 42.5 Å². The van der Waals surface area contributed by atoms with Crippen molar-refractivity contribution in [3.63, 3.8) is 0 Å². The lowest BCUT2D eigenvalue weighted by Gasteiger charge is -2.18. The third kappa shape index (κ3) is 7.31. The second-order valence-electron chi connectivity index (χ2n) is 5.87. The minimum atomic E-state index is -0.408. The zero-order valence-electron chi connectivity index (χ0n) is 15.7. The van der Waals surface area contributed by atoms with E-state index in [-0.39, 0.29) is 42.2 Å². The second-order valence-corrected chi connectivity index (χ2v) is 5.87. The predicted molar refractivity (Wildman–Crippen MR) is 123 cm³/mol. The molecule has 0 saturated carbocycles. The highest BCUT2D eigenvalue weighted by atomic mass is 127. The Hall–Kier alpha value is -2.40. The largest absolute Gasteiger partial charge is 0.396 e. The number of nitro benzene ring substituents is 1. The molecule has 0 aromatic heterocycles. The molecule has 2 aromatic rings. The minimum Gasteiger partial charge on any atom is -0.396 e. The lowest BCUT2D eigenvalue weighted by molar-refractivity contribution is -0.384. The average Bonchev–Trinajstić information content (AvgIpc) is 2.71. The zero-order chi connectivity index (χ0) is 19.5. The number of halogens is 1. The van der Waals surface area contributed by atoms with E-state index < -0.39 is 4.92 Å². The van der Waals surface area contributed by atoms with Crippen LogP contribution in [0.2, 0.25) is 0 Å². The van der Waals surface area contributed by atoms with Crippen molar-refractivity contribution in [3.8, 4) is 0 Å². The Morgan fingerprint density at radius 3 is 2.43 bits per heavy atom. The van der Waals surface area contributed by atoms with Crippen LogP contribution in [-0.4, -0.2) is 49.3 Å². The fraction of sp³-hybridized carbons (Fsp3) is 0.316. The topological polar surface area (TPSA) is 112 Å². The molecule has 0 heterocycles. The standard InChI is InChI=1S/C19H25N5O3.HI/c1-20-19(23-13-16(14-25)15-7-3-2-4-8-15)22-12-11-21-17-9-5-6-10-18(17)24(26)27;/h2-10,16,21,25H,11-14H2,1H3,(H2,20,22,23);1H. The van der Waals surface area contributed by atoms with Gasteiger partial charge in [0.1, 0.15) is 5.69 Å². The number of anilines is 1. The highest BCUT2D eigenvalue weighted by molar-refractivity contribution is 14.0. The minimum absolute atomic E-state index is 0. The number of aliphatic hydroxyl groups is 1. The first kappa shape index (κ1) is 23.6. The van der Waals surface area contributed by atoms with Gasteiger partial charge in [0.2, 0.25) is 0 Å². The summed E-state index contributed by atoms with van der Waals surface area (Å²) in [5.41, 5.74) is 1.59. The molecule has 0 fully saturated rings. The summed E-state index contributed by atoms with van der Waals surface area (Å²) >= 11 is 0. The maximum atomic E-state index is 11.0. The van der Waals surface area contributed by atoms with Crippen molar-refractivity contribution in [1.82, 2.24) is 10.6 Å². The van der Waals surface area contributed by atoms with Crippen molar-refractivity contribution in [2.24, 2.45) is 4.99 Å². The van der Waals surface area contributed by atoms with Crippen LogP contribution in [0.3, 0.4) is 0 Å². The Morgan fingerprint density at radius 2 is 1.79 bits per heavy atom. The number of aliphatic imine (C=N–C) groups is 1. The van der Waals surface area contributed by atoms with Gasteiger partial charge < -0.3 is 21.1 Å². The van der Waals surface area contributed by atoms with E-state index in [9.17, 15) is 15.2 Å². The van der Waals surface area contributed by atoms with Crippen LogP contribution in [0.1, 0.15) is 11.5 Å². The molecule has 0 bridgehead atoms. The normalized spacial score (nSPS) is 11.9. The molecule has 0 saturated heterocycles. The first-order chi connectivity index (χ1) is 13.2. The number of nitrogens with zero attached hydrogens (tertiary/aromatic N) is 2. The third-order valence-corrected chi connectivity index (χ3v) is 4.06. The lowest BCUT2D eigenvalue weighted by Crippen LogP contribution is -2.41. The van der Waals surface area contributed by atoms with Crippen LogP contribution in [0.15, 0.2) is 59.6 Å². The first-order valence-electron chi connectivity index (χ1n) is 8.73. The SMILES string of the molecule is CN=C(NCCNc1ccccc1[N+](=O)[O-])NCC(CO)c1ccccc1.I. The Kier molecular flexibility index (Phi) is 10.9. The number of hydrogen-bond acceptors (Lipinski definition) is 5. The van der Waals surface area contributed by atoms with E-state index in [0.717, 1.165) is 5.56 Å². The first-order valence-corrected chi connectivity index (χ1v) is 8.73. The molecule has 1 unspecified atom stereocenters. The van der Waals surface area contributed by atoms with Gasteiger partial charge in [-0.25, -0.2) is 0 Å². The number of benzene rings is 2. The molecule has 28 heavy (non-hydrogen) atoms. The van der Waals surface area contributed by atoms with Gasteiger partial charge >= 0.3 is 0 Å². The Balaban J connectivity index is 0.00000392. The number of nitrogens with one attached hydrogen (secondary N) is 3. The number of aliphatic hydroxyl groups excluding tert-OH is 1. The van der Waals surface area contributed by atoms with Gasteiger partial charge in [0.15, 0.2) is 5.96 Å². The average molecular weight is 499 g/mol. The van der Waals surface area contributed by atoms with E-state index >= 15 is 0 Å². The number of para-hydroxylation sites is 2. The van der Waals surface area contributed by atoms with Gasteiger partial charge in [-0.3, -0.25) is 15.1 Å². The fourth-order valence-corrected chi connectivity index (χ4v) is 2.61. The van der Waals surface area contributed by atoms with Gasteiger partial charge in [0.25, 0.3) is 5.69 Å². The lowest BCUT2D eigenvalue weighted by atomic mass is 10.0. The summed E-state index contributed by atoms with van der Waals surface area (Å²) in [5, 5.41) is 30.0. The Morgan fingerprint density at radius 1 is 1.11 bits per heavy atom. The van der Waals surface area contributed by atoms with Crippen LogP contribution >= 0.6 is 24.0 Å². The van der Waals surface area contributed by atoms with Crippen LogP contribution in [-0.2, 0) is 0 Å². The molecular formula is C19H26IN5O3. The van der Waals surface area contributed by atoms with E-state index in [1.807, 2.05) is 30.3 Å². The van der Waals surface area contributed by atoms with E-state index in [1.165, 1.54) is 6.07 Å². The van der Waals surface area contributed by atoms with Crippen LogP contribution in [0, 0.1) is 10.1 Å². The molecule has 152 valence electrons. The van der Waals surface area contributed by atoms with Crippen molar-refractivity contribution in [2.75, 3.05) is 38.6 Å². The fourth-order valence-electron chi connectivity index (χ4n) is 2.61. The summed E-state index contributed by atoms with van der Waals surface area (Å²) in [6.45, 7) is 1.60. The number of guanidine groups is 1. The van der Waals surface area contributed by atoms with Crippen molar-refractivity contribution in [2.45, 2.75) is 5.92 Å². The van der Waals surface area contributed by atoms with E-state index in [0.29, 0.717) is 31.3 Å². The van der Waals surface area contributed by atoms with Crippen molar-refractivity contribution < 1.29 is 10.0 Å². The predicted octanol–water partition coefficient (Wildman–Crippen LogP) is 2.57. The van der Waals surface area contributed by atoms with Crippen LogP contribution in [0.5, 0.6) is 0 Å². The summed E-state index contributed by atoms with van der Waals surface area (Å²) in [7, 11) is 1.67. The van der Waals surface area contributed by atoms with E-state index in [2.05, 4.69) is 20.9 Å². The summed E-state index contributed by atoms with van der Waals surface area (Å²) in [6.07, 6.45) is 0. The Labute approximate surface area is 181 Å². The van der Waals surface area contributed by atoms with Gasteiger partial charge in [-0.05, 0) is 11.6 Å². The maximum absolute atomic E-state index is 11.0. The monoisotopic (exact) mass is 499 g/mol. The highest BCUT2D eigenvalue weighted by Gasteiger charge is 2.12. The molecule has 0 radical (unpaired) electrons. The Bertz CT molecular complexity index is 758. The van der Waals surface area contributed by atoms with Crippen molar-refractivity contribution in [1.29, 1.82) is 0 Å². The van der Waals surface area contributed by atoms with Crippen LogP contribution in [0.25, 0.3) is 0 Å². The molecule has 2 rings (SSSR count). The quantitative estimate of drug-likeness (QED) is 0.105. The number of hydrogen-bond donors (Lipinski definition) is 4. The van der Waals surface area contributed by atoms with Gasteiger partial charge in [-0.2, -0.15) is 0 Å². The smallest absolute Gasteiger partial charge is 0.292 e. The van der Waals surface area contributed by atoms with Crippen molar-refractivity contribution in [3.05, 3.63) is 70.3 Å². The number of nitro groups is 1. The molecule has 0 aliphatic carbocycles. The molecule has 1 atom stereocenters. The summed E-state index contributed by atoms with van der Waals surface area (Å²) in [6, 6.07) is 16.3. The third-order valence-electron chi connectivity index (χ3n) is 4.06. The summed E-state index contributed by atoms with van der Waals surface area (Å²) in [5.74, 6) is 0.573. The van der Waals surface area contributed by atoms with Gasteiger partial charge in [0, 0.05) is 38.7 Å². The summed E-state index contributed by atoms with van der Waals surface area (Å²) in [4.78, 5) is 14.8. The molecule has 2 aromatic carbocycles. The molecule has 0 spiro atoms. The van der Waals surface area contributed by atoms with E-state index in [1.54, 1.807) is 25.2 Å².